The van der Waals surface area contributed by atoms with E-state index in [9.17, 15) is 0 Å². The largest absolute Gasteiger partial charge is 0.329 e. The van der Waals surface area contributed by atoms with Gasteiger partial charge in [0.15, 0.2) is 0 Å². The van der Waals surface area contributed by atoms with Gasteiger partial charge in [0.25, 0.3) is 0 Å². The Kier molecular flexibility index (Phi) is 4.75. The predicted molar refractivity (Wildman–Crippen MR) is 76.6 cm³/mol. The number of rotatable bonds is 3. The Morgan fingerprint density at radius 1 is 1.12 bits per heavy atom. The van der Waals surface area contributed by atoms with Gasteiger partial charge in [-0.3, -0.25) is 9.80 Å². The maximum atomic E-state index is 6.10. The highest BCUT2D eigenvalue weighted by molar-refractivity contribution is 7.99. The van der Waals surface area contributed by atoms with Gasteiger partial charge in [-0.25, -0.2) is 0 Å². The van der Waals surface area contributed by atoms with Crippen LogP contribution in [0.2, 0.25) is 0 Å². The van der Waals surface area contributed by atoms with Gasteiger partial charge in [-0.05, 0) is 38.2 Å². The first kappa shape index (κ1) is 13.7. The quantitative estimate of drug-likeness (QED) is 0.824. The minimum Gasteiger partial charge on any atom is -0.329 e. The highest BCUT2D eigenvalue weighted by atomic mass is 32.2. The molecule has 2 aliphatic heterocycles. The van der Waals surface area contributed by atoms with Crippen LogP contribution in [-0.4, -0.2) is 65.6 Å². The highest BCUT2D eigenvalue weighted by Gasteiger charge is 2.38. The van der Waals surface area contributed by atoms with Crippen LogP contribution in [0.15, 0.2) is 0 Å². The Morgan fingerprint density at radius 3 is 2.18 bits per heavy atom. The van der Waals surface area contributed by atoms with E-state index in [-0.39, 0.29) is 0 Å². The molecular formula is C13H27N3S. The van der Waals surface area contributed by atoms with Gasteiger partial charge in [0, 0.05) is 44.3 Å². The van der Waals surface area contributed by atoms with Gasteiger partial charge >= 0.3 is 0 Å². The van der Waals surface area contributed by atoms with Crippen molar-refractivity contribution < 1.29 is 0 Å². The van der Waals surface area contributed by atoms with Gasteiger partial charge in [-0.15, -0.1) is 0 Å². The number of hydrogen-bond donors (Lipinski definition) is 1. The van der Waals surface area contributed by atoms with Crippen LogP contribution < -0.4 is 5.73 Å². The van der Waals surface area contributed by atoms with E-state index >= 15 is 0 Å². The fraction of sp³-hybridized carbons (Fsp3) is 1.00. The molecule has 0 atom stereocenters. The molecule has 0 amide bonds. The standard InChI is InChI=1S/C13H27N3S/c1-12(2)15-5-7-16(8-6-15)13(11-14)3-9-17-10-4-13/h12H,3-11,14H2,1-2H3. The smallest absolute Gasteiger partial charge is 0.0348 e. The summed E-state index contributed by atoms with van der Waals surface area (Å²) < 4.78 is 0. The van der Waals surface area contributed by atoms with Crippen LogP contribution in [0.5, 0.6) is 0 Å². The molecule has 0 spiro atoms. The van der Waals surface area contributed by atoms with E-state index in [1.807, 2.05) is 0 Å². The van der Waals surface area contributed by atoms with Crippen molar-refractivity contribution in [2.24, 2.45) is 5.73 Å². The molecule has 2 N–H and O–H groups in total. The van der Waals surface area contributed by atoms with Crippen molar-refractivity contribution in [3.05, 3.63) is 0 Å². The van der Waals surface area contributed by atoms with Crippen LogP contribution in [0.4, 0.5) is 0 Å². The van der Waals surface area contributed by atoms with E-state index < -0.39 is 0 Å². The molecule has 2 aliphatic rings. The number of nitrogens with zero attached hydrogens (tertiary/aromatic N) is 2. The van der Waals surface area contributed by atoms with Crippen molar-refractivity contribution in [3.63, 3.8) is 0 Å². The molecule has 0 radical (unpaired) electrons. The Hall–Kier alpha value is 0.230. The first-order chi connectivity index (χ1) is 8.18. The molecule has 3 nitrogen and oxygen atoms in total. The molecule has 2 fully saturated rings. The summed E-state index contributed by atoms with van der Waals surface area (Å²) in [5.41, 5.74) is 6.43. The van der Waals surface area contributed by atoms with Crippen LogP contribution in [0.3, 0.4) is 0 Å². The van der Waals surface area contributed by atoms with Crippen molar-refractivity contribution in [2.45, 2.75) is 38.3 Å². The first-order valence-corrected chi connectivity index (χ1v) is 8.10. The van der Waals surface area contributed by atoms with E-state index in [0.717, 1.165) is 6.54 Å². The summed E-state index contributed by atoms with van der Waals surface area (Å²) in [6.07, 6.45) is 2.58. The van der Waals surface area contributed by atoms with E-state index in [4.69, 9.17) is 5.73 Å². The Morgan fingerprint density at radius 2 is 1.71 bits per heavy atom. The Labute approximate surface area is 110 Å². The average molecular weight is 257 g/mol. The second kappa shape index (κ2) is 5.91. The highest BCUT2D eigenvalue weighted by Crippen LogP contribution is 2.32. The first-order valence-electron chi connectivity index (χ1n) is 6.95. The topological polar surface area (TPSA) is 32.5 Å². The maximum absolute atomic E-state index is 6.10. The minimum absolute atomic E-state index is 0.328. The number of hydrogen-bond acceptors (Lipinski definition) is 4. The van der Waals surface area contributed by atoms with Gasteiger partial charge in [-0.1, -0.05) is 0 Å². The molecule has 0 unspecified atom stereocenters. The normalized spacial score (nSPS) is 27.5. The van der Waals surface area contributed by atoms with Crippen LogP contribution in [-0.2, 0) is 0 Å². The molecule has 0 saturated carbocycles. The van der Waals surface area contributed by atoms with Crippen molar-refractivity contribution in [2.75, 3.05) is 44.2 Å². The molecule has 2 saturated heterocycles. The summed E-state index contributed by atoms with van der Waals surface area (Å²) in [7, 11) is 0. The van der Waals surface area contributed by atoms with E-state index in [1.165, 1.54) is 50.5 Å². The summed E-state index contributed by atoms with van der Waals surface area (Å²) in [5.74, 6) is 2.59. The molecule has 2 heterocycles. The van der Waals surface area contributed by atoms with E-state index in [1.54, 1.807) is 0 Å². The summed E-state index contributed by atoms with van der Waals surface area (Å²) in [6, 6.07) is 0.688. The lowest BCUT2D eigenvalue weighted by Crippen LogP contribution is -2.62. The summed E-state index contributed by atoms with van der Waals surface area (Å²) >= 11 is 2.09. The maximum Gasteiger partial charge on any atom is 0.0348 e. The van der Waals surface area contributed by atoms with E-state index in [0.29, 0.717) is 11.6 Å². The third-order valence-electron chi connectivity index (χ3n) is 4.52. The van der Waals surface area contributed by atoms with Crippen molar-refractivity contribution in [3.8, 4) is 0 Å². The van der Waals surface area contributed by atoms with Crippen molar-refractivity contribution >= 4 is 11.8 Å². The minimum atomic E-state index is 0.328. The molecule has 100 valence electrons. The SMILES string of the molecule is CC(C)N1CCN(C2(CN)CCSCC2)CC1. The number of thioether (sulfide) groups is 1. The zero-order valence-corrected chi connectivity index (χ0v) is 12.1. The average Bonchev–Trinajstić information content (AvgIpc) is 2.39. The van der Waals surface area contributed by atoms with Crippen molar-refractivity contribution in [1.82, 2.24) is 9.80 Å². The Balaban J connectivity index is 1.93. The monoisotopic (exact) mass is 257 g/mol. The summed E-state index contributed by atoms with van der Waals surface area (Å²) in [5, 5.41) is 0. The molecule has 2 rings (SSSR count). The van der Waals surface area contributed by atoms with Gasteiger partial charge in [0.05, 0.1) is 0 Å². The lowest BCUT2D eigenvalue weighted by Gasteiger charge is -2.49. The van der Waals surface area contributed by atoms with Crippen LogP contribution >= 0.6 is 11.8 Å². The molecule has 0 aliphatic carbocycles. The van der Waals surface area contributed by atoms with Gasteiger partial charge in [0.1, 0.15) is 0 Å². The lowest BCUT2D eigenvalue weighted by molar-refractivity contribution is 0.0210. The molecule has 17 heavy (non-hydrogen) atoms. The molecule has 0 aromatic carbocycles. The second-order valence-electron chi connectivity index (χ2n) is 5.66. The molecule has 4 heteroatoms. The third kappa shape index (κ3) is 2.98. The summed E-state index contributed by atoms with van der Waals surface area (Å²) in [4.78, 5) is 5.27. The second-order valence-corrected chi connectivity index (χ2v) is 6.88. The van der Waals surface area contributed by atoms with Crippen LogP contribution in [0.25, 0.3) is 0 Å². The molecule has 0 bridgehead atoms. The number of piperazine rings is 1. The molecular weight excluding hydrogens is 230 g/mol. The molecule has 0 aromatic heterocycles. The molecule has 0 aromatic rings. The van der Waals surface area contributed by atoms with Gasteiger partial charge < -0.3 is 5.73 Å². The zero-order chi connectivity index (χ0) is 12.3. The Bertz CT molecular complexity index is 231. The third-order valence-corrected chi connectivity index (χ3v) is 5.50. The lowest BCUT2D eigenvalue weighted by atomic mass is 9.89. The van der Waals surface area contributed by atoms with Gasteiger partial charge in [-0.2, -0.15) is 11.8 Å². The van der Waals surface area contributed by atoms with Gasteiger partial charge in [0.2, 0.25) is 0 Å². The van der Waals surface area contributed by atoms with Crippen LogP contribution in [0.1, 0.15) is 26.7 Å². The van der Waals surface area contributed by atoms with Crippen molar-refractivity contribution in [1.29, 1.82) is 0 Å². The van der Waals surface area contributed by atoms with E-state index in [2.05, 4.69) is 35.4 Å². The van der Waals surface area contributed by atoms with Crippen LogP contribution in [0, 0.1) is 0 Å². The predicted octanol–water partition coefficient (Wildman–Crippen LogP) is 1.24. The number of nitrogens with two attached hydrogens (primary N) is 1. The fourth-order valence-corrected chi connectivity index (χ4v) is 4.37. The fourth-order valence-electron chi connectivity index (χ4n) is 3.11. The zero-order valence-electron chi connectivity index (χ0n) is 11.3. The summed E-state index contributed by atoms with van der Waals surface area (Å²) in [6.45, 7) is 10.3.